The molecule has 0 aliphatic heterocycles. The lowest BCUT2D eigenvalue weighted by Gasteiger charge is -2.13. The summed E-state index contributed by atoms with van der Waals surface area (Å²) in [6.45, 7) is 0. The summed E-state index contributed by atoms with van der Waals surface area (Å²) < 4.78 is 0. The summed E-state index contributed by atoms with van der Waals surface area (Å²) in [7, 11) is 3.75. The summed E-state index contributed by atoms with van der Waals surface area (Å²) >= 11 is 1.14. The molecular formula is C10H14N4S. The third-order valence-electron chi connectivity index (χ3n) is 1.56. The van der Waals surface area contributed by atoms with Gasteiger partial charge in [0.1, 0.15) is 0 Å². The average Bonchev–Trinajstić information content (AvgIpc) is 2.17. The van der Waals surface area contributed by atoms with Crippen molar-refractivity contribution in [1.82, 2.24) is 4.90 Å². The quantitative estimate of drug-likeness (QED) is 0.563. The predicted molar refractivity (Wildman–Crippen MR) is 66.7 cm³/mol. The third kappa shape index (κ3) is 4.03. The molecule has 0 saturated heterocycles. The Balaban J connectivity index is 2.89. The second-order valence-corrected chi connectivity index (χ2v) is 4.10. The van der Waals surface area contributed by atoms with Gasteiger partial charge in [0, 0.05) is 14.1 Å². The first-order valence-corrected chi connectivity index (χ1v) is 5.24. The highest BCUT2D eigenvalue weighted by molar-refractivity contribution is 8.26. The van der Waals surface area contributed by atoms with Crippen LogP contribution < -0.4 is 5.73 Å². The summed E-state index contributed by atoms with van der Waals surface area (Å²) in [4.78, 5) is 6.22. The van der Waals surface area contributed by atoms with E-state index < -0.39 is 0 Å². The zero-order valence-electron chi connectivity index (χ0n) is 8.77. The molecule has 0 radical (unpaired) electrons. The van der Waals surface area contributed by atoms with Crippen molar-refractivity contribution < 1.29 is 0 Å². The van der Waals surface area contributed by atoms with E-state index in [1.165, 1.54) is 0 Å². The molecular weight excluding hydrogens is 208 g/mol. The van der Waals surface area contributed by atoms with Crippen molar-refractivity contribution >= 4 is 27.8 Å². The standard InChI is InChI=1S/C10H14N4S/c1-14(2)10(15-9(11)12)13-8-6-4-3-5-7-8/h3-7H,1-2H3,(H3,11,12). The molecule has 0 aliphatic carbocycles. The first kappa shape index (κ1) is 11.6. The summed E-state index contributed by atoms with van der Waals surface area (Å²) in [6.07, 6.45) is 0. The van der Waals surface area contributed by atoms with Crippen LogP contribution in [0.1, 0.15) is 0 Å². The topological polar surface area (TPSA) is 65.5 Å². The van der Waals surface area contributed by atoms with Crippen molar-refractivity contribution in [1.29, 1.82) is 5.41 Å². The van der Waals surface area contributed by atoms with Crippen molar-refractivity contribution in [2.75, 3.05) is 14.1 Å². The van der Waals surface area contributed by atoms with E-state index in [4.69, 9.17) is 11.1 Å². The van der Waals surface area contributed by atoms with Gasteiger partial charge in [0.25, 0.3) is 0 Å². The van der Waals surface area contributed by atoms with Gasteiger partial charge in [-0.2, -0.15) is 0 Å². The zero-order valence-corrected chi connectivity index (χ0v) is 9.58. The molecule has 0 heterocycles. The second-order valence-electron chi connectivity index (χ2n) is 3.09. The van der Waals surface area contributed by atoms with Gasteiger partial charge >= 0.3 is 0 Å². The van der Waals surface area contributed by atoms with Crippen LogP contribution in [0.25, 0.3) is 0 Å². The Hall–Kier alpha value is -1.49. The van der Waals surface area contributed by atoms with E-state index in [2.05, 4.69) is 4.99 Å². The number of amidine groups is 2. The van der Waals surface area contributed by atoms with Crippen LogP contribution in [0.5, 0.6) is 0 Å². The minimum Gasteiger partial charge on any atom is -0.378 e. The molecule has 15 heavy (non-hydrogen) atoms. The number of hydrogen-bond acceptors (Lipinski definition) is 3. The number of nitrogens with one attached hydrogen (secondary N) is 1. The SMILES string of the molecule is CN(C)C(=Nc1ccccc1)SC(=N)N. The Labute approximate surface area is 93.7 Å². The van der Waals surface area contributed by atoms with Crippen molar-refractivity contribution in [2.24, 2.45) is 10.7 Å². The van der Waals surface area contributed by atoms with Crippen LogP contribution in [-0.2, 0) is 0 Å². The molecule has 0 bridgehead atoms. The lowest BCUT2D eigenvalue weighted by molar-refractivity contribution is 0.637. The maximum Gasteiger partial charge on any atom is 0.171 e. The van der Waals surface area contributed by atoms with Crippen LogP contribution in [0.15, 0.2) is 35.3 Å². The Bertz CT molecular complexity index is 359. The normalized spacial score (nSPS) is 11.2. The first-order valence-electron chi connectivity index (χ1n) is 4.42. The molecule has 0 spiro atoms. The van der Waals surface area contributed by atoms with E-state index in [9.17, 15) is 0 Å². The third-order valence-corrected chi connectivity index (χ3v) is 2.42. The van der Waals surface area contributed by atoms with Crippen molar-refractivity contribution in [3.8, 4) is 0 Å². The summed E-state index contributed by atoms with van der Waals surface area (Å²) in [5, 5.41) is 7.96. The second kappa shape index (κ2) is 5.41. The monoisotopic (exact) mass is 222 g/mol. The summed E-state index contributed by atoms with van der Waals surface area (Å²) in [5.74, 6) is 0. The number of aliphatic imine (C=N–C) groups is 1. The van der Waals surface area contributed by atoms with Gasteiger partial charge in [-0.1, -0.05) is 18.2 Å². The fourth-order valence-electron chi connectivity index (χ4n) is 0.925. The van der Waals surface area contributed by atoms with Crippen LogP contribution >= 0.6 is 11.8 Å². The maximum atomic E-state index is 7.22. The summed E-state index contributed by atoms with van der Waals surface area (Å²) in [5.41, 5.74) is 6.18. The fourth-order valence-corrected chi connectivity index (χ4v) is 1.46. The van der Waals surface area contributed by atoms with Crippen LogP contribution in [0, 0.1) is 5.41 Å². The number of nitrogens with two attached hydrogens (primary N) is 1. The van der Waals surface area contributed by atoms with Gasteiger partial charge < -0.3 is 10.6 Å². The smallest absolute Gasteiger partial charge is 0.171 e. The van der Waals surface area contributed by atoms with Crippen molar-refractivity contribution in [2.45, 2.75) is 0 Å². The minimum absolute atomic E-state index is 0.0402. The molecule has 4 nitrogen and oxygen atoms in total. The Morgan fingerprint density at radius 1 is 1.33 bits per heavy atom. The lowest BCUT2D eigenvalue weighted by Crippen LogP contribution is -2.22. The van der Waals surface area contributed by atoms with Gasteiger partial charge in [-0.05, 0) is 23.9 Å². The van der Waals surface area contributed by atoms with Crippen LogP contribution in [-0.4, -0.2) is 29.3 Å². The van der Waals surface area contributed by atoms with E-state index in [1.54, 1.807) is 0 Å². The number of thioether (sulfide) groups is 1. The van der Waals surface area contributed by atoms with E-state index in [0.717, 1.165) is 17.4 Å². The van der Waals surface area contributed by atoms with Gasteiger partial charge in [0.05, 0.1) is 5.69 Å². The molecule has 0 unspecified atom stereocenters. The molecule has 0 saturated carbocycles. The molecule has 1 rings (SSSR count). The Morgan fingerprint density at radius 2 is 1.93 bits per heavy atom. The van der Waals surface area contributed by atoms with Crippen LogP contribution in [0.2, 0.25) is 0 Å². The van der Waals surface area contributed by atoms with Crippen LogP contribution in [0.4, 0.5) is 5.69 Å². The van der Waals surface area contributed by atoms with Crippen LogP contribution in [0.3, 0.4) is 0 Å². The molecule has 5 heteroatoms. The highest BCUT2D eigenvalue weighted by Crippen LogP contribution is 2.15. The highest BCUT2D eigenvalue weighted by atomic mass is 32.2. The minimum atomic E-state index is 0.0402. The van der Waals surface area contributed by atoms with Crippen molar-refractivity contribution in [3.63, 3.8) is 0 Å². The highest BCUT2D eigenvalue weighted by Gasteiger charge is 2.05. The molecule has 0 amide bonds. The van der Waals surface area contributed by atoms with Gasteiger partial charge in [-0.25, -0.2) is 4.99 Å². The molecule has 1 aromatic carbocycles. The molecule has 0 atom stereocenters. The lowest BCUT2D eigenvalue weighted by atomic mass is 10.3. The average molecular weight is 222 g/mol. The fraction of sp³-hybridized carbons (Fsp3) is 0.200. The number of para-hydroxylation sites is 1. The first-order chi connectivity index (χ1) is 7.09. The maximum absolute atomic E-state index is 7.22. The molecule has 1 aromatic rings. The molecule has 0 aliphatic rings. The zero-order chi connectivity index (χ0) is 11.3. The Kier molecular flexibility index (Phi) is 4.17. The Morgan fingerprint density at radius 3 is 2.40 bits per heavy atom. The van der Waals surface area contributed by atoms with Gasteiger partial charge in [0.15, 0.2) is 10.3 Å². The number of rotatable bonds is 1. The van der Waals surface area contributed by atoms with Gasteiger partial charge in [-0.3, -0.25) is 5.41 Å². The number of hydrogen-bond donors (Lipinski definition) is 2. The predicted octanol–water partition coefficient (Wildman–Crippen LogP) is 1.86. The molecule has 0 fully saturated rings. The van der Waals surface area contributed by atoms with E-state index >= 15 is 0 Å². The number of benzene rings is 1. The van der Waals surface area contributed by atoms with E-state index in [-0.39, 0.29) is 5.17 Å². The van der Waals surface area contributed by atoms with E-state index in [1.807, 2.05) is 49.3 Å². The molecule has 3 N–H and O–H groups in total. The van der Waals surface area contributed by atoms with Crippen molar-refractivity contribution in [3.05, 3.63) is 30.3 Å². The molecule has 80 valence electrons. The summed E-state index contributed by atoms with van der Waals surface area (Å²) in [6, 6.07) is 9.59. The van der Waals surface area contributed by atoms with E-state index in [0.29, 0.717) is 5.17 Å². The molecule has 0 aromatic heterocycles. The largest absolute Gasteiger partial charge is 0.378 e. The van der Waals surface area contributed by atoms with Gasteiger partial charge in [-0.15, -0.1) is 0 Å². The number of nitrogens with zero attached hydrogens (tertiary/aromatic N) is 2. The van der Waals surface area contributed by atoms with Gasteiger partial charge in [0.2, 0.25) is 0 Å².